The largest absolute Gasteiger partial charge is 0.459 e. The summed E-state index contributed by atoms with van der Waals surface area (Å²) in [7, 11) is 0. The molecule has 0 bridgehead atoms. The molecule has 2 heterocycles. The van der Waals surface area contributed by atoms with E-state index >= 15 is 0 Å². The fraction of sp³-hybridized carbons (Fsp3) is 0.273. The first-order valence-electron chi connectivity index (χ1n) is 9.61. The summed E-state index contributed by atoms with van der Waals surface area (Å²) in [5.74, 6) is 1.70. The quantitative estimate of drug-likeness (QED) is 0.469. The zero-order valence-electron chi connectivity index (χ0n) is 15.9. The van der Waals surface area contributed by atoms with Crippen LogP contribution >= 0.6 is 0 Å². The summed E-state index contributed by atoms with van der Waals surface area (Å²) in [6.07, 6.45) is 0.465. The van der Waals surface area contributed by atoms with E-state index in [1.807, 2.05) is 55.5 Å². The predicted molar refractivity (Wildman–Crippen MR) is 111 cm³/mol. The van der Waals surface area contributed by atoms with Gasteiger partial charge in [-0.3, -0.25) is 4.79 Å². The molecule has 0 radical (unpaired) electrons. The third kappa shape index (κ3) is 4.01. The van der Waals surface area contributed by atoms with E-state index in [0.717, 1.165) is 34.5 Å². The maximum absolute atomic E-state index is 12.0. The third-order valence-corrected chi connectivity index (χ3v) is 4.84. The number of guanidine groups is 1. The Kier molecular flexibility index (Phi) is 5.28. The van der Waals surface area contributed by atoms with Gasteiger partial charge in [0.05, 0.1) is 0 Å². The van der Waals surface area contributed by atoms with Crippen LogP contribution in [0.2, 0.25) is 0 Å². The number of fused-ring (bicyclic) bond motifs is 2. The standard InChI is InChI=1S/C22H24N4O2/c1-2-23-22(25-14-17-11-15-7-3-6-10-20(15)28-17)24-13-16-12-21(27)26-19-9-5-4-8-18(16)19/h3-11,16H,2,12-14H2,1H3,(H,26,27)(H2,23,24,25). The van der Waals surface area contributed by atoms with Gasteiger partial charge in [-0.1, -0.05) is 36.4 Å². The van der Waals surface area contributed by atoms with Gasteiger partial charge in [0.1, 0.15) is 17.9 Å². The number of carbonyl (C=O) groups excluding carboxylic acids is 1. The molecule has 0 aliphatic carbocycles. The zero-order chi connectivity index (χ0) is 19.3. The van der Waals surface area contributed by atoms with E-state index in [2.05, 4.69) is 27.0 Å². The van der Waals surface area contributed by atoms with Crippen molar-refractivity contribution in [2.75, 3.05) is 18.4 Å². The molecule has 2 aromatic carbocycles. The Morgan fingerprint density at radius 3 is 2.86 bits per heavy atom. The fourth-order valence-corrected chi connectivity index (χ4v) is 3.52. The summed E-state index contributed by atoms with van der Waals surface area (Å²) < 4.78 is 5.84. The number of carbonyl (C=O) groups is 1. The number of nitrogens with zero attached hydrogens (tertiary/aromatic N) is 1. The topological polar surface area (TPSA) is 78.7 Å². The normalized spacial score (nSPS) is 16.5. The van der Waals surface area contributed by atoms with Gasteiger partial charge in [0, 0.05) is 36.5 Å². The molecule has 0 fully saturated rings. The summed E-state index contributed by atoms with van der Waals surface area (Å²) in [4.78, 5) is 16.6. The lowest BCUT2D eigenvalue weighted by atomic mass is 9.90. The molecule has 144 valence electrons. The summed E-state index contributed by atoms with van der Waals surface area (Å²) in [5.41, 5.74) is 2.92. The van der Waals surface area contributed by atoms with Crippen LogP contribution in [0.1, 0.15) is 30.6 Å². The number of hydrogen-bond donors (Lipinski definition) is 3. The molecular weight excluding hydrogens is 352 g/mol. The number of rotatable bonds is 5. The molecule has 1 unspecified atom stereocenters. The second-order valence-corrected chi connectivity index (χ2v) is 6.86. The van der Waals surface area contributed by atoms with Crippen LogP contribution in [0, 0.1) is 0 Å². The Labute approximate surface area is 164 Å². The number of benzene rings is 2. The van der Waals surface area contributed by atoms with E-state index < -0.39 is 0 Å². The van der Waals surface area contributed by atoms with E-state index in [9.17, 15) is 4.79 Å². The molecule has 0 saturated heterocycles. The first-order valence-corrected chi connectivity index (χ1v) is 9.61. The average Bonchev–Trinajstić information content (AvgIpc) is 3.12. The van der Waals surface area contributed by atoms with Gasteiger partial charge in [-0.25, -0.2) is 4.99 Å². The SMILES string of the molecule is CCNC(=NCc1cc2ccccc2o1)NCC1CC(=O)Nc2ccccc21. The molecule has 28 heavy (non-hydrogen) atoms. The second-order valence-electron chi connectivity index (χ2n) is 6.86. The van der Waals surface area contributed by atoms with Gasteiger partial charge in [0.2, 0.25) is 5.91 Å². The van der Waals surface area contributed by atoms with E-state index in [1.54, 1.807) is 0 Å². The number of furan rings is 1. The van der Waals surface area contributed by atoms with Crippen molar-refractivity contribution in [3.63, 3.8) is 0 Å². The van der Waals surface area contributed by atoms with Crippen LogP contribution in [0.25, 0.3) is 11.0 Å². The molecule has 6 nitrogen and oxygen atoms in total. The zero-order valence-corrected chi connectivity index (χ0v) is 15.9. The van der Waals surface area contributed by atoms with Crippen molar-refractivity contribution in [2.45, 2.75) is 25.8 Å². The van der Waals surface area contributed by atoms with Gasteiger partial charge >= 0.3 is 0 Å². The highest BCUT2D eigenvalue weighted by Gasteiger charge is 2.24. The first kappa shape index (κ1) is 18.1. The highest BCUT2D eigenvalue weighted by Crippen LogP contribution is 2.31. The fourth-order valence-electron chi connectivity index (χ4n) is 3.52. The number of nitrogens with one attached hydrogen (secondary N) is 3. The minimum absolute atomic E-state index is 0.0507. The maximum atomic E-state index is 12.0. The molecule has 1 aliphatic heterocycles. The lowest BCUT2D eigenvalue weighted by Gasteiger charge is -2.26. The summed E-state index contributed by atoms with van der Waals surface area (Å²) in [6.45, 7) is 3.87. The molecule has 0 spiro atoms. The average molecular weight is 376 g/mol. The van der Waals surface area contributed by atoms with Crippen LogP contribution in [0.15, 0.2) is 64.0 Å². The van der Waals surface area contributed by atoms with Crippen molar-refractivity contribution < 1.29 is 9.21 Å². The number of amides is 1. The van der Waals surface area contributed by atoms with Crippen LogP contribution in [0.4, 0.5) is 5.69 Å². The molecule has 0 saturated carbocycles. The lowest BCUT2D eigenvalue weighted by Crippen LogP contribution is -2.40. The van der Waals surface area contributed by atoms with Crippen molar-refractivity contribution in [1.29, 1.82) is 0 Å². The van der Waals surface area contributed by atoms with Crippen molar-refractivity contribution in [3.05, 3.63) is 65.9 Å². The predicted octanol–water partition coefficient (Wildman–Crippen LogP) is 3.61. The Balaban J connectivity index is 1.45. The van der Waals surface area contributed by atoms with E-state index in [4.69, 9.17) is 4.42 Å². The minimum atomic E-state index is 0.0507. The molecule has 1 atom stereocenters. The Bertz CT molecular complexity index is 975. The van der Waals surface area contributed by atoms with Crippen molar-refractivity contribution in [2.24, 2.45) is 4.99 Å². The van der Waals surface area contributed by atoms with Crippen LogP contribution in [-0.4, -0.2) is 25.0 Å². The smallest absolute Gasteiger partial charge is 0.225 e. The monoisotopic (exact) mass is 376 g/mol. The van der Waals surface area contributed by atoms with E-state index in [1.165, 1.54) is 0 Å². The lowest BCUT2D eigenvalue weighted by molar-refractivity contribution is -0.116. The van der Waals surface area contributed by atoms with E-state index in [-0.39, 0.29) is 11.8 Å². The summed E-state index contributed by atoms with van der Waals surface area (Å²) >= 11 is 0. The molecular formula is C22H24N4O2. The van der Waals surface area contributed by atoms with Gasteiger partial charge in [0.15, 0.2) is 5.96 Å². The molecule has 1 aliphatic rings. The summed E-state index contributed by atoms with van der Waals surface area (Å²) in [5, 5.41) is 10.6. The van der Waals surface area contributed by atoms with Crippen LogP contribution < -0.4 is 16.0 Å². The highest BCUT2D eigenvalue weighted by molar-refractivity contribution is 5.94. The van der Waals surface area contributed by atoms with Gasteiger partial charge < -0.3 is 20.4 Å². The Hall–Kier alpha value is -3.28. The van der Waals surface area contributed by atoms with Crippen molar-refractivity contribution >= 4 is 28.5 Å². The van der Waals surface area contributed by atoms with Gasteiger partial charge in [0.25, 0.3) is 0 Å². The van der Waals surface area contributed by atoms with E-state index in [0.29, 0.717) is 25.5 Å². The van der Waals surface area contributed by atoms with Crippen LogP contribution in [0.5, 0.6) is 0 Å². The molecule has 6 heteroatoms. The second kappa shape index (κ2) is 8.17. The van der Waals surface area contributed by atoms with Crippen LogP contribution in [0.3, 0.4) is 0 Å². The maximum Gasteiger partial charge on any atom is 0.225 e. The van der Waals surface area contributed by atoms with Gasteiger partial charge in [-0.2, -0.15) is 0 Å². The number of hydrogen-bond acceptors (Lipinski definition) is 3. The molecule has 1 aromatic heterocycles. The number of anilines is 1. The molecule has 3 aromatic rings. The molecule has 3 N–H and O–H groups in total. The Morgan fingerprint density at radius 1 is 1.18 bits per heavy atom. The minimum Gasteiger partial charge on any atom is -0.459 e. The van der Waals surface area contributed by atoms with Crippen LogP contribution in [-0.2, 0) is 11.3 Å². The van der Waals surface area contributed by atoms with Gasteiger partial charge in [-0.15, -0.1) is 0 Å². The molecule has 1 amide bonds. The highest BCUT2D eigenvalue weighted by atomic mass is 16.3. The third-order valence-electron chi connectivity index (χ3n) is 4.84. The molecule has 4 rings (SSSR count). The summed E-state index contributed by atoms with van der Waals surface area (Å²) in [6, 6.07) is 17.9. The Morgan fingerprint density at radius 2 is 2.00 bits per heavy atom. The first-order chi connectivity index (χ1) is 13.7. The van der Waals surface area contributed by atoms with Crippen molar-refractivity contribution in [1.82, 2.24) is 10.6 Å². The number of para-hydroxylation sites is 2. The number of aliphatic imine (C=N–C) groups is 1. The van der Waals surface area contributed by atoms with Gasteiger partial charge in [-0.05, 0) is 30.7 Å². The van der Waals surface area contributed by atoms with Crippen molar-refractivity contribution in [3.8, 4) is 0 Å².